The molecule has 0 saturated heterocycles. The molecule has 0 bridgehead atoms. The third-order valence-corrected chi connectivity index (χ3v) is 2.48. The monoisotopic (exact) mass is 219 g/mol. The third-order valence-electron chi connectivity index (χ3n) is 2.48. The second-order valence-corrected chi connectivity index (χ2v) is 3.72. The van der Waals surface area contributed by atoms with E-state index in [4.69, 9.17) is 5.73 Å². The largest absolute Gasteiger partial charge is 0.382 e. The minimum absolute atomic E-state index is 0.263. The van der Waals surface area contributed by atoms with Crippen molar-refractivity contribution >= 4 is 5.82 Å². The maximum Gasteiger partial charge on any atom is 0.153 e. The van der Waals surface area contributed by atoms with Crippen molar-refractivity contribution in [1.82, 2.24) is 10.2 Å². The summed E-state index contributed by atoms with van der Waals surface area (Å²) in [6.07, 6.45) is 1.85. The van der Waals surface area contributed by atoms with Gasteiger partial charge in [-0.05, 0) is 24.1 Å². The average Bonchev–Trinajstić information content (AvgIpc) is 2.60. The molecule has 4 heteroatoms. The van der Waals surface area contributed by atoms with Gasteiger partial charge >= 0.3 is 0 Å². The molecule has 84 valence electrons. The van der Waals surface area contributed by atoms with Gasteiger partial charge in [-0.15, -0.1) is 0 Å². The highest BCUT2D eigenvalue weighted by molar-refractivity contribution is 5.76. The molecule has 0 saturated carbocycles. The Morgan fingerprint density at radius 1 is 1.44 bits per heavy atom. The fraction of sp³-hybridized carbons (Fsp3) is 0.250. The molecule has 0 fully saturated rings. The number of nitrogen functional groups attached to an aromatic ring is 1. The summed E-state index contributed by atoms with van der Waals surface area (Å²) in [5.41, 5.74) is 8.35. The zero-order valence-corrected chi connectivity index (χ0v) is 9.13. The summed E-state index contributed by atoms with van der Waals surface area (Å²) in [6, 6.07) is 6.40. The molecule has 0 spiro atoms. The molecule has 16 heavy (non-hydrogen) atoms. The number of nitrogens with two attached hydrogens (primary N) is 1. The van der Waals surface area contributed by atoms with E-state index in [0.717, 1.165) is 29.7 Å². The summed E-state index contributed by atoms with van der Waals surface area (Å²) in [6.45, 7) is 2.08. The third kappa shape index (κ3) is 1.91. The number of nitrogens with zero attached hydrogens (tertiary/aromatic N) is 1. The van der Waals surface area contributed by atoms with Crippen LogP contribution in [-0.2, 0) is 6.42 Å². The Morgan fingerprint density at radius 3 is 2.94 bits per heavy atom. The first-order valence-corrected chi connectivity index (χ1v) is 5.31. The number of halogens is 1. The Balaban J connectivity index is 2.50. The summed E-state index contributed by atoms with van der Waals surface area (Å²) in [5.74, 6) is 0.162. The van der Waals surface area contributed by atoms with Gasteiger partial charge in [0.1, 0.15) is 5.82 Å². The molecular weight excluding hydrogens is 205 g/mol. The molecule has 0 unspecified atom stereocenters. The van der Waals surface area contributed by atoms with Crippen LogP contribution >= 0.6 is 0 Å². The topological polar surface area (TPSA) is 54.7 Å². The van der Waals surface area contributed by atoms with Crippen LogP contribution in [0.3, 0.4) is 0 Å². The second kappa shape index (κ2) is 4.35. The Bertz CT molecular complexity index is 491. The minimum Gasteiger partial charge on any atom is -0.382 e. The minimum atomic E-state index is -0.263. The van der Waals surface area contributed by atoms with Crippen molar-refractivity contribution in [2.45, 2.75) is 19.8 Å². The number of hydrogen-bond acceptors (Lipinski definition) is 2. The molecule has 0 radical (unpaired) electrons. The van der Waals surface area contributed by atoms with E-state index < -0.39 is 0 Å². The number of rotatable bonds is 3. The van der Waals surface area contributed by atoms with E-state index >= 15 is 0 Å². The Hall–Kier alpha value is -1.84. The molecular formula is C12H14FN3. The van der Waals surface area contributed by atoms with Gasteiger partial charge in [0.2, 0.25) is 0 Å². The van der Waals surface area contributed by atoms with Crippen molar-refractivity contribution in [2.75, 3.05) is 5.73 Å². The van der Waals surface area contributed by atoms with Gasteiger partial charge in [-0.25, -0.2) is 4.39 Å². The number of anilines is 1. The molecule has 1 aromatic carbocycles. The first-order valence-electron chi connectivity index (χ1n) is 5.31. The van der Waals surface area contributed by atoms with E-state index in [-0.39, 0.29) is 5.82 Å². The molecule has 0 aliphatic heterocycles. The van der Waals surface area contributed by atoms with Gasteiger partial charge in [0.25, 0.3) is 0 Å². The molecule has 1 heterocycles. The van der Waals surface area contributed by atoms with E-state index in [1.54, 1.807) is 6.07 Å². The van der Waals surface area contributed by atoms with Crippen molar-refractivity contribution in [3.8, 4) is 11.1 Å². The average molecular weight is 219 g/mol. The Morgan fingerprint density at radius 2 is 2.25 bits per heavy atom. The maximum absolute atomic E-state index is 13.1. The van der Waals surface area contributed by atoms with Gasteiger partial charge in [0.05, 0.1) is 0 Å². The number of aromatic amines is 1. The van der Waals surface area contributed by atoms with Crippen LogP contribution in [0.15, 0.2) is 24.3 Å². The molecule has 2 aromatic rings. The SMILES string of the molecule is CCCc1[nH]nc(N)c1-c1cccc(F)c1. The smallest absolute Gasteiger partial charge is 0.153 e. The van der Waals surface area contributed by atoms with Gasteiger partial charge in [-0.2, -0.15) is 5.10 Å². The highest BCUT2D eigenvalue weighted by Crippen LogP contribution is 2.28. The molecule has 3 N–H and O–H groups in total. The number of aromatic nitrogens is 2. The van der Waals surface area contributed by atoms with Crippen molar-refractivity contribution < 1.29 is 4.39 Å². The fourth-order valence-electron chi connectivity index (χ4n) is 1.79. The van der Waals surface area contributed by atoms with Gasteiger partial charge in [0.15, 0.2) is 5.82 Å². The molecule has 0 amide bonds. The fourth-order valence-corrected chi connectivity index (χ4v) is 1.79. The summed E-state index contributed by atoms with van der Waals surface area (Å²) >= 11 is 0. The maximum atomic E-state index is 13.1. The number of nitrogens with one attached hydrogen (secondary N) is 1. The second-order valence-electron chi connectivity index (χ2n) is 3.72. The van der Waals surface area contributed by atoms with Crippen molar-refractivity contribution in [2.24, 2.45) is 0 Å². The molecule has 0 aliphatic rings. The standard InChI is InChI=1S/C12H14FN3/c1-2-4-10-11(12(14)16-15-10)8-5-3-6-9(13)7-8/h3,5-7H,2,4H2,1H3,(H3,14,15,16). The number of benzene rings is 1. The number of hydrogen-bond donors (Lipinski definition) is 2. The predicted molar refractivity (Wildman–Crippen MR) is 62.4 cm³/mol. The lowest BCUT2D eigenvalue weighted by atomic mass is 10.0. The van der Waals surface area contributed by atoms with Crippen LogP contribution in [0.25, 0.3) is 11.1 Å². The summed E-state index contributed by atoms with van der Waals surface area (Å²) in [4.78, 5) is 0. The lowest BCUT2D eigenvalue weighted by Gasteiger charge is -2.03. The summed E-state index contributed by atoms with van der Waals surface area (Å²) < 4.78 is 13.1. The van der Waals surface area contributed by atoms with Crippen LogP contribution in [0.5, 0.6) is 0 Å². The number of aryl methyl sites for hydroxylation is 1. The van der Waals surface area contributed by atoms with Gasteiger partial charge in [-0.1, -0.05) is 25.5 Å². The van der Waals surface area contributed by atoms with Gasteiger partial charge in [-0.3, -0.25) is 5.10 Å². The van der Waals surface area contributed by atoms with Gasteiger partial charge in [0, 0.05) is 11.3 Å². The lowest BCUT2D eigenvalue weighted by Crippen LogP contribution is -1.91. The quantitative estimate of drug-likeness (QED) is 0.834. The van der Waals surface area contributed by atoms with Crippen LogP contribution in [0.2, 0.25) is 0 Å². The molecule has 0 atom stereocenters. The van der Waals surface area contributed by atoms with Crippen LogP contribution in [0, 0.1) is 5.82 Å². The zero-order chi connectivity index (χ0) is 11.5. The van der Waals surface area contributed by atoms with E-state index in [2.05, 4.69) is 17.1 Å². The van der Waals surface area contributed by atoms with Crippen molar-refractivity contribution in [1.29, 1.82) is 0 Å². The normalized spacial score (nSPS) is 10.6. The van der Waals surface area contributed by atoms with E-state index in [0.29, 0.717) is 5.82 Å². The summed E-state index contributed by atoms with van der Waals surface area (Å²) in [5, 5.41) is 6.87. The first kappa shape index (κ1) is 10.7. The summed E-state index contributed by atoms with van der Waals surface area (Å²) in [7, 11) is 0. The van der Waals surface area contributed by atoms with Gasteiger partial charge < -0.3 is 5.73 Å². The van der Waals surface area contributed by atoms with Crippen LogP contribution in [0.4, 0.5) is 10.2 Å². The molecule has 0 aliphatic carbocycles. The van der Waals surface area contributed by atoms with Crippen molar-refractivity contribution in [3.05, 3.63) is 35.8 Å². The van der Waals surface area contributed by atoms with Crippen molar-refractivity contribution in [3.63, 3.8) is 0 Å². The Labute approximate surface area is 93.5 Å². The zero-order valence-electron chi connectivity index (χ0n) is 9.13. The lowest BCUT2D eigenvalue weighted by molar-refractivity contribution is 0.628. The van der Waals surface area contributed by atoms with Crippen LogP contribution < -0.4 is 5.73 Å². The molecule has 2 rings (SSSR count). The highest BCUT2D eigenvalue weighted by Gasteiger charge is 2.12. The van der Waals surface area contributed by atoms with Crippen LogP contribution in [0.1, 0.15) is 19.0 Å². The molecule has 3 nitrogen and oxygen atoms in total. The Kier molecular flexibility index (Phi) is 2.90. The first-order chi connectivity index (χ1) is 7.72. The van der Waals surface area contributed by atoms with E-state index in [9.17, 15) is 4.39 Å². The van der Waals surface area contributed by atoms with E-state index in [1.165, 1.54) is 12.1 Å². The van der Waals surface area contributed by atoms with E-state index in [1.807, 2.05) is 6.07 Å². The number of H-pyrrole nitrogens is 1. The molecule has 1 aromatic heterocycles. The van der Waals surface area contributed by atoms with Crippen LogP contribution in [-0.4, -0.2) is 10.2 Å². The predicted octanol–water partition coefficient (Wildman–Crippen LogP) is 2.75. The highest BCUT2D eigenvalue weighted by atomic mass is 19.1.